The van der Waals surface area contributed by atoms with Crippen molar-refractivity contribution in [3.8, 4) is 0 Å². The van der Waals surface area contributed by atoms with Gasteiger partial charge in [0, 0.05) is 64.5 Å². The molecule has 0 bridgehead atoms. The van der Waals surface area contributed by atoms with Crippen molar-refractivity contribution in [3.05, 3.63) is 144 Å². The molecule has 4 amide bonds. The summed E-state index contributed by atoms with van der Waals surface area (Å²) in [6.07, 6.45) is 2.41. The van der Waals surface area contributed by atoms with E-state index in [9.17, 15) is 45.2 Å². The Kier molecular flexibility index (Phi) is 12.4. The molecular formula is C46H42F4N10O6S. The van der Waals surface area contributed by atoms with E-state index in [4.69, 9.17) is 0 Å². The van der Waals surface area contributed by atoms with Crippen molar-refractivity contribution < 1.29 is 45.2 Å². The number of nitrogens with one attached hydrogen (secondary N) is 2. The van der Waals surface area contributed by atoms with Gasteiger partial charge in [-0.2, -0.15) is 8.42 Å². The second kappa shape index (κ2) is 18.2. The second-order valence-electron chi connectivity index (χ2n) is 16.1. The third-order valence-corrected chi connectivity index (χ3v) is 13.2. The standard InChI is InChI=1S/C46H42F4N10O6S/c1-55-25-51-35-21-33(9-11-39(35)55)57(3)45(63)37(17-27-13-29(47)19-30(48)14-27)53-43(61)23-59-41-7-5-6-8-42(41)60(67(59,65)66)24-44(62)54-38(18-28-15-31(49)20-32(50)16-28)46(64)58(4)34-10-12-40-36(22-34)52-26-56(40)2/h5-16,19-22,25-26,37-38H,17-18,23-24H2,1-4H3,(H,53,61)(H,54,62)/t37-,38?/m0/s1. The summed E-state index contributed by atoms with van der Waals surface area (Å²) >= 11 is 0. The average molecular weight is 939 g/mol. The van der Waals surface area contributed by atoms with Crippen LogP contribution in [-0.2, 0) is 56.3 Å². The lowest BCUT2D eigenvalue weighted by Gasteiger charge is -2.27. The fourth-order valence-corrected chi connectivity index (χ4v) is 9.65. The summed E-state index contributed by atoms with van der Waals surface area (Å²) in [6.45, 7) is -1.81. The van der Waals surface area contributed by atoms with Gasteiger partial charge in [-0.15, -0.1) is 0 Å². The van der Waals surface area contributed by atoms with Crippen LogP contribution < -0.4 is 29.0 Å². The summed E-state index contributed by atoms with van der Waals surface area (Å²) in [5, 5.41) is 5.11. The predicted molar refractivity (Wildman–Crippen MR) is 242 cm³/mol. The Bertz CT molecular complexity index is 2970. The zero-order valence-corrected chi connectivity index (χ0v) is 37.1. The molecule has 2 N–H and O–H groups in total. The van der Waals surface area contributed by atoms with Gasteiger partial charge in [-0.25, -0.2) is 36.1 Å². The number of fused-ring (bicyclic) bond motifs is 3. The van der Waals surface area contributed by atoms with Gasteiger partial charge >= 0.3 is 10.2 Å². The molecule has 0 saturated carbocycles. The topological polar surface area (TPSA) is 175 Å². The van der Waals surface area contributed by atoms with E-state index in [0.717, 1.165) is 43.9 Å². The maximum Gasteiger partial charge on any atom is 0.327 e. The molecule has 1 aliphatic rings. The molecule has 0 saturated heterocycles. The number of nitrogens with zero attached hydrogens (tertiary/aromatic N) is 8. The minimum absolute atomic E-state index is 0.00572. The maximum atomic E-state index is 14.4. The van der Waals surface area contributed by atoms with Crippen LogP contribution in [-0.4, -0.2) is 90.4 Å². The number of likely N-dealkylation sites (N-methyl/N-ethyl adjacent to an activating group) is 2. The van der Waals surface area contributed by atoms with Crippen LogP contribution in [0.15, 0.2) is 110 Å². The van der Waals surface area contributed by atoms with Crippen LogP contribution in [0.1, 0.15) is 11.1 Å². The van der Waals surface area contributed by atoms with Crippen molar-refractivity contribution in [2.24, 2.45) is 14.1 Å². The van der Waals surface area contributed by atoms with Gasteiger partial charge in [-0.1, -0.05) is 12.1 Å². The highest BCUT2D eigenvalue weighted by molar-refractivity contribution is 7.94. The van der Waals surface area contributed by atoms with Gasteiger partial charge in [0.15, 0.2) is 0 Å². The molecule has 2 aromatic heterocycles. The van der Waals surface area contributed by atoms with E-state index in [2.05, 4.69) is 20.6 Å². The van der Waals surface area contributed by atoms with Gasteiger partial charge in [0.2, 0.25) is 23.6 Å². The van der Waals surface area contributed by atoms with Crippen LogP contribution >= 0.6 is 0 Å². The zero-order chi connectivity index (χ0) is 47.9. The summed E-state index contributed by atoms with van der Waals surface area (Å²) in [5.41, 5.74) is 3.51. The molecule has 8 rings (SSSR count). The largest absolute Gasteiger partial charge is 0.342 e. The number of imidazole rings is 2. The molecule has 67 heavy (non-hydrogen) atoms. The molecule has 5 aromatic carbocycles. The van der Waals surface area contributed by atoms with Crippen molar-refractivity contribution in [2.45, 2.75) is 24.9 Å². The summed E-state index contributed by atoms with van der Waals surface area (Å²) in [4.78, 5) is 67.3. The number of rotatable bonds is 14. The van der Waals surface area contributed by atoms with Gasteiger partial charge in [-0.3, -0.25) is 19.2 Å². The number of hydrogen-bond donors (Lipinski definition) is 2. The monoisotopic (exact) mass is 938 g/mol. The maximum absolute atomic E-state index is 14.4. The van der Waals surface area contributed by atoms with E-state index < -0.39 is 82.3 Å². The number of halogens is 4. The number of anilines is 4. The highest BCUT2D eigenvalue weighted by Crippen LogP contribution is 2.40. The Hall–Kier alpha value is -7.81. The minimum Gasteiger partial charge on any atom is -0.342 e. The van der Waals surface area contributed by atoms with Gasteiger partial charge in [0.25, 0.3) is 0 Å². The lowest BCUT2D eigenvalue weighted by Crippen LogP contribution is -2.53. The van der Waals surface area contributed by atoms with E-state index >= 15 is 0 Å². The van der Waals surface area contributed by atoms with Gasteiger partial charge < -0.3 is 29.6 Å². The second-order valence-corrected chi connectivity index (χ2v) is 17.8. The Morgan fingerprint density at radius 1 is 0.582 bits per heavy atom. The molecule has 21 heteroatoms. The summed E-state index contributed by atoms with van der Waals surface area (Å²) in [7, 11) is 1.73. The summed E-state index contributed by atoms with van der Waals surface area (Å²) < 4.78 is 91.1. The van der Waals surface area contributed by atoms with Gasteiger partial charge in [0.05, 0.1) is 46.1 Å². The van der Waals surface area contributed by atoms with Crippen molar-refractivity contribution >= 4 is 78.7 Å². The number of carbonyl (C=O) groups is 4. The van der Waals surface area contributed by atoms with Crippen LogP contribution in [0.2, 0.25) is 0 Å². The lowest BCUT2D eigenvalue weighted by atomic mass is 10.0. The summed E-state index contributed by atoms with van der Waals surface area (Å²) in [6, 6.07) is 18.3. The van der Waals surface area contributed by atoms with Crippen LogP contribution in [0.3, 0.4) is 0 Å². The first-order chi connectivity index (χ1) is 31.9. The number of amides is 4. The number of carbonyl (C=O) groups excluding carboxylic acids is 4. The third-order valence-electron chi connectivity index (χ3n) is 11.4. The lowest BCUT2D eigenvalue weighted by molar-refractivity contribution is -0.126. The molecule has 7 aromatic rings. The highest BCUT2D eigenvalue weighted by Gasteiger charge is 2.43. The van der Waals surface area contributed by atoms with E-state index in [1.807, 2.05) is 0 Å². The van der Waals surface area contributed by atoms with Crippen LogP contribution in [0.25, 0.3) is 22.1 Å². The first kappa shape index (κ1) is 45.7. The number of aromatic nitrogens is 4. The quantitative estimate of drug-likeness (QED) is 0.148. The SMILES string of the molecule is CN(C(=O)C(Cc1cc(F)cc(F)c1)NC(=O)CN1c2ccccc2N(CC(=O)N[C@@H](Cc2cc(F)cc(F)c2)C(=O)N(C)c2ccc3c(c2)ncn3C)S1(=O)=O)c1ccc2c(c1)ncn2C. The first-order valence-corrected chi connectivity index (χ1v) is 22.0. The molecule has 0 radical (unpaired) electrons. The number of aryl methyl sites for hydroxylation is 2. The first-order valence-electron chi connectivity index (χ1n) is 20.6. The average Bonchev–Trinajstić information content (AvgIpc) is 3.91. The van der Waals surface area contributed by atoms with Crippen molar-refractivity contribution in [1.29, 1.82) is 0 Å². The molecule has 0 aliphatic carbocycles. The molecule has 0 spiro atoms. The molecule has 3 heterocycles. The van der Waals surface area contributed by atoms with Crippen LogP contribution in [0.4, 0.5) is 40.3 Å². The molecule has 2 atom stereocenters. The third kappa shape index (κ3) is 9.48. The fourth-order valence-electron chi connectivity index (χ4n) is 8.05. The van der Waals surface area contributed by atoms with Gasteiger partial charge in [0.1, 0.15) is 48.4 Å². The van der Waals surface area contributed by atoms with Crippen molar-refractivity contribution in [3.63, 3.8) is 0 Å². The molecule has 346 valence electrons. The smallest absolute Gasteiger partial charge is 0.327 e. The molecule has 16 nitrogen and oxygen atoms in total. The number of benzene rings is 5. The van der Waals surface area contributed by atoms with Crippen LogP contribution in [0, 0.1) is 23.3 Å². The van der Waals surface area contributed by atoms with E-state index in [-0.39, 0.29) is 35.3 Å². The Balaban J connectivity index is 1.03. The number of hydrogen-bond acceptors (Lipinski definition) is 8. The fraction of sp³-hybridized carbons (Fsp3) is 0.217. The van der Waals surface area contributed by atoms with E-state index in [0.29, 0.717) is 34.5 Å². The minimum atomic E-state index is -4.75. The molecule has 1 aliphatic heterocycles. The Morgan fingerprint density at radius 3 is 1.33 bits per heavy atom. The molecule has 1 unspecified atom stereocenters. The van der Waals surface area contributed by atoms with Crippen molar-refractivity contribution in [1.82, 2.24) is 29.7 Å². The molecular weight excluding hydrogens is 897 g/mol. The highest BCUT2D eigenvalue weighted by atomic mass is 32.2. The number of para-hydroxylation sites is 2. The van der Waals surface area contributed by atoms with Gasteiger partial charge in [-0.05, 0) is 83.9 Å². The van der Waals surface area contributed by atoms with Crippen molar-refractivity contribution in [2.75, 3.05) is 45.6 Å². The zero-order valence-electron chi connectivity index (χ0n) is 36.3. The predicted octanol–water partition coefficient (Wildman–Crippen LogP) is 4.67. The summed E-state index contributed by atoms with van der Waals surface area (Å²) in [5.74, 6) is -7.04. The normalized spacial score (nSPS) is 13.9. The Labute approximate surface area is 381 Å². The van der Waals surface area contributed by atoms with E-state index in [1.54, 1.807) is 72.3 Å². The van der Waals surface area contributed by atoms with E-state index in [1.165, 1.54) is 48.2 Å². The Morgan fingerprint density at radius 2 is 0.955 bits per heavy atom. The van der Waals surface area contributed by atoms with Crippen LogP contribution in [0.5, 0.6) is 0 Å². The molecule has 0 fully saturated rings.